The number of hydrogen-bond donors (Lipinski definition) is 2. The van der Waals surface area contributed by atoms with Crippen molar-refractivity contribution in [3.63, 3.8) is 0 Å². The predicted octanol–water partition coefficient (Wildman–Crippen LogP) is 0.585. The molecule has 2 heterocycles. The van der Waals surface area contributed by atoms with Gasteiger partial charge in [0.05, 0.1) is 6.04 Å². The fraction of sp³-hybridized carbons (Fsp3) is 0.929. The zero-order valence-corrected chi connectivity index (χ0v) is 11.3. The predicted molar refractivity (Wildman–Crippen MR) is 71.3 cm³/mol. The van der Waals surface area contributed by atoms with E-state index in [0.29, 0.717) is 12.0 Å². The van der Waals surface area contributed by atoms with Crippen LogP contribution in [0.4, 0.5) is 0 Å². The molecule has 0 aromatic rings. The van der Waals surface area contributed by atoms with Crippen molar-refractivity contribution in [3.05, 3.63) is 0 Å². The first-order chi connectivity index (χ1) is 8.74. The third-order valence-electron chi connectivity index (χ3n) is 5.09. The highest BCUT2D eigenvalue weighted by Crippen LogP contribution is 2.37. The van der Waals surface area contributed by atoms with E-state index in [1.807, 2.05) is 0 Å². The first kappa shape index (κ1) is 12.4. The summed E-state index contributed by atoms with van der Waals surface area (Å²) in [4.78, 5) is 14.7. The fourth-order valence-electron chi connectivity index (χ4n) is 3.92. The second-order valence-corrected chi connectivity index (χ2v) is 6.33. The average molecular weight is 251 g/mol. The van der Waals surface area contributed by atoms with E-state index in [9.17, 15) is 4.79 Å². The monoisotopic (exact) mass is 251 g/mol. The minimum atomic E-state index is 0.0946. The van der Waals surface area contributed by atoms with Crippen LogP contribution in [0.25, 0.3) is 0 Å². The van der Waals surface area contributed by atoms with Crippen molar-refractivity contribution in [3.8, 4) is 0 Å². The number of piperidine rings is 1. The Labute approximate surface area is 109 Å². The lowest BCUT2D eigenvalue weighted by Gasteiger charge is -2.30. The highest BCUT2D eigenvalue weighted by Gasteiger charge is 2.42. The molecule has 2 aliphatic heterocycles. The molecule has 1 saturated carbocycles. The Morgan fingerprint density at radius 1 is 1.22 bits per heavy atom. The molecule has 1 aliphatic carbocycles. The summed E-state index contributed by atoms with van der Waals surface area (Å²) in [5.41, 5.74) is 0. The number of rotatable bonds is 2. The Balaban J connectivity index is 1.52. The second-order valence-electron chi connectivity index (χ2n) is 6.33. The van der Waals surface area contributed by atoms with Gasteiger partial charge in [0.25, 0.3) is 0 Å². The first-order valence-electron chi connectivity index (χ1n) is 7.46. The van der Waals surface area contributed by atoms with Crippen LogP contribution in [0.1, 0.15) is 32.1 Å². The van der Waals surface area contributed by atoms with E-state index in [1.54, 1.807) is 0 Å². The summed E-state index contributed by atoms with van der Waals surface area (Å²) in [5.74, 6) is 1.63. The van der Waals surface area contributed by atoms with Gasteiger partial charge < -0.3 is 15.5 Å². The third-order valence-corrected chi connectivity index (χ3v) is 5.09. The molecule has 3 rings (SSSR count). The molecule has 18 heavy (non-hydrogen) atoms. The van der Waals surface area contributed by atoms with Gasteiger partial charge in [0.15, 0.2) is 0 Å². The molecule has 2 saturated heterocycles. The van der Waals surface area contributed by atoms with Crippen molar-refractivity contribution in [1.82, 2.24) is 15.5 Å². The fourth-order valence-corrected chi connectivity index (χ4v) is 3.92. The zero-order valence-electron chi connectivity index (χ0n) is 11.3. The number of hydrogen-bond acceptors (Lipinski definition) is 3. The van der Waals surface area contributed by atoms with Gasteiger partial charge in [-0.15, -0.1) is 0 Å². The lowest BCUT2D eigenvalue weighted by molar-refractivity contribution is -0.124. The molecule has 4 nitrogen and oxygen atoms in total. The summed E-state index contributed by atoms with van der Waals surface area (Å²) < 4.78 is 0. The van der Waals surface area contributed by atoms with Crippen molar-refractivity contribution in [1.29, 1.82) is 0 Å². The highest BCUT2D eigenvalue weighted by molar-refractivity contribution is 5.82. The Bertz CT molecular complexity index is 312. The van der Waals surface area contributed by atoms with E-state index in [0.717, 1.165) is 38.4 Å². The Morgan fingerprint density at radius 2 is 2.00 bits per heavy atom. The maximum atomic E-state index is 12.4. The molecule has 4 heteroatoms. The van der Waals surface area contributed by atoms with Gasteiger partial charge in [0.1, 0.15) is 0 Å². The van der Waals surface area contributed by atoms with Gasteiger partial charge in [-0.3, -0.25) is 4.79 Å². The number of nitrogens with one attached hydrogen (secondary N) is 2. The van der Waals surface area contributed by atoms with Crippen LogP contribution in [0.2, 0.25) is 0 Å². The van der Waals surface area contributed by atoms with E-state index in [4.69, 9.17) is 0 Å². The molecule has 0 radical (unpaired) electrons. The highest BCUT2D eigenvalue weighted by atomic mass is 16.2. The van der Waals surface area contributed by atoms with Crippen molar-refractivity contribution < 1.29 is 4.79 Å². The number of carbonyl (C=O) groups is 1. The number of fused-ring (bicyclic) bond motifs is 1. The standard InChI is InChI=1S/C14H25N3O/c1-17-7-5-11(6-8-17)16-14(18)13-12-4-2-3-10(12)9-15-13/h10-13,15H,2-9H2,1H3,(H,16,18). The largest absolute Gasteiger partial charge is 0.352 e. The molecular weight excluding hydrogens is 226 g/mol. The van der Waals surface area contributed by atoms with Crippen molar-refractivity contribution in [2.24, 2.45) is 11.8 Å². The van der Waals surface area contributed by atoms with E-state index in [1.165, 1.54) is 19.3 Å². The van der Waals surface area contributed by atoms with E-state index >= 15 is 0 Å². The second kappa shape index (κ2) is 5.17. The van der Waals surface area contributed by atoms with Crippen LogP contribution in [0.3, 0.4) is 0 Å². The molecule has 3 fully saturated rings. The van der Waals surface area contributed by atoms with Crippen LogP contribution in [0.15, 0.2) is 0 Å². The summed E-state index contributed by atoms with van der Waals surface area (Å²) in [6, 6.07) is 0.494. The first-order valence-corrected chi connectivity index (χ1v) is 7.46. The van der Waals surface area contributed by atoms with Gasteiger partial charge in [-0.1, -0.05) is 6.42 Å². The summed E-state index contributed by atoms with van der Waals surface area (Å²) in [6.45, 7) is 3.26. The number of likely N-dealkylation sites (tertiary alicyclic amines) is 1. The number of nitrogens with zero attached hydrogens (tertiary/aromatic N) is 1. The van der Waals surface area contributed by atoms with E-state index in [-0.39, 0.29) is 11.9 Å². The van der Waals surface area contributed by atoms with Crippen LogP contribution in [-0.2, 0) is 4.79 Å². The van der Waals surface area contributed by atoms with Crippen LogP contribution in [0, 0.1) is 11.8 Å². The van der Waals surface area contributed by atoms with Crippen molar-refractivity contribution >= 4 is 5.91 Å². The lowest BCUT2D eigenvalue weighted by Crippen LogP contribution is -2.50. The normalized spacial score (nSPS) is 37.7. The van der Waals surface area contributed by atoms with Gasteiger partial charge in [0.2, 0.25) is 5.91 Å². The number of amides is 1. The summed E-state index contributed by atoms with van der Waals surface area (Å²) in [6.07, 6.45) is 6.07. The molecule has 0 aromatic heterocycles. The Hall–Kier alpha value is -0.610. The van der Waals surface area contributed by atoms with Crippen molar-refractivity contribution in [2.75, 3.05) is 26.7 Å². The van der Waals surface area contributed by atoms with Crippen molar-refractivity contribution in [2.45, 2.75) is 44.2 Å². The van der Waals surface area contributed by atoms with Crippen LogP contribution >= 0.6 is 0 Å². The van der Waals surface area contributed by atoms with Gasteiger partial charge in [-0.25, -0.2) is 0 Å². The van der Waals surface area contributed by atoms with E-state index < -0.39 is 0 Å². The minimum absolute atomic E-state index is 0.0946. The zero-order chi connectivity index (χ0) is 12.5. The van der Waals surface area contributed by atoms with Gasteiger partial charge in [-0.2, -0.15) is 0 Å². The molecule has 3 aliphatic rings. The SMILES string of the molecule is CN1CCC(NC(=O)C2NCC3CCCC32)CC1. The molecule has 3 atom stereocenters. The molecule has 3 unspecified atom stereocenters. The summed E-state index contributed by atoms with van der Waals surface area (Å²) in [5, 5.41) is 6.70. The summed E-state index contributed by atoms with van der Waals surface area (Å²) in [7, 11) is 2.15. The molecule has 1 amide bonds. The topological polar surface area (TPSA) is 44.4 Å². The average Bonchev–Trinajstić information content (AvgIpc) is 2.93. The molecule has 0 bridgehead atoms. The quantitative estimate of drug-likeness (QED) is 0.755. The smallest absolute Gasteiger partial charge is 0.237 e. The molecule has 2 N–H and O–H groups in total. The van der Waals surface area contributed by atoms with Crippen LogP contribution in [-0.4, -0.2) is 49.6 Å². The van der Waals surface area contributed by atoms with Crippen LogP contribution in [0.5, 0.6) is 0 Å². The molecular formula is C14H25N3O. The van der Waals surface area contributed by atoms with Gasteiger partial charge >= 0.3 is 0 Å². The maximum absolute atomic E-state index is 12.4. The maximum Gasteiger partial charge on any atom is 0.237 e. The minimum Gasteiger partial charge on any atom is -0.352 e. The Morgan fingerprint density at radius 3 is 2.78 bits per heavy atom. The molecule has 0 aromatic carbocycles. The van der Waals surface area contributed by atoms with Gasteiger partial charge in [0, 0.05) is 6.04 Å². The number of carbonyl (C=O) groups excluding carboxylic acids is 1. The third kappa shape index (κ3) is 2.41. The Kier molecular flexibility index (Phi) is 3.57. The summed E-state index contributed by atoms with van der Waals surface area (Å²) >= 11 is 0. The van der Waals surface area contributed by atoms with E-state index in [2.05, 4.69) is 22.6 Å². The lowest BCUT2D eigenvalue weighted by atomic mass is 9.93. The molecule has 102 valence electrons. The van der Waals surface area contributed by atoms with Crippen LogP contribution < -0.4 is 10.6 Å². The molecule has 0 spiro atoms. The van der Waals surface area contributed by atoms with Gasteiger partial charge in [-0.05, 0) is 64.2 Å².